The summed E-state index contributed by atoms with van der Waals surface area (Å²) in [6.07, 6.45) is 6.69. The molecule has 0 spiro atoms. The zero-order chi connectivity index (χ0) is 21.2. The van der Waals surface area contributed by atoms with Gasteiger partial charge in [-0.05, 0) is 18.9 Å². The third kappa shape index (κ3) is 3.81. The summed E-state index contributed by atoms with van der Waals surface area (Å²) in [5.41, 5.74) is 3.03. The Bertz CT molecular complexity index is 1020. The van der Waals surface area contributed by atoms with Crippen molar-refractivity contribution < 1.29 is 14.6 Å². The Morgan fingerprint density at radius 3 is 2.58 bits per heavy atom. The van der Waals surface area contributed by atoms with Gasteiger partial charge in [0.05, 0.1) is 24.1 Å². The Morgan fingerprint density at radius 2 is 1.90 bits per heavy atom. The number of carboxylic acid groups (broad SMARTS) is 1. The van der Waals surface area contributed by atoms with Crippen LogP contribution >= 0.6 is 0 Å². The van der Waals surface area contributed by atoms with Gasteiger partial charge in [0.2, 0.25) is 0 Å². The van der Waals surface area contributed by atoms with Crippen LogP contribution in [0.5, 0.6) is 0 Å². The number of carbonyl (C=O) groups is 1. The van der Waals surface area contributed by atoms with E-state index in [9.17, 15) is 0 Å². The van der Waals surface area contributed by atoms with Crippen LogP contribution in [0.4, 0.5) is 11.5 Å². The first kappa shape index (κ1) is 19.8. The van der Waals surface area contributed by atoms with E-state index in [1.54, 1.807) is 0 Å². The maximum atomic E-state index is 8.36. The van der Waals surface area contributed by atoms with E-state index in [0.717, 1.165) is 75.0 Å². The fraction of sp³-hybridized carbons (Fsp3) is 0.500. The van der Waals surface area contributed by atoms with Gasteiger partial charge in [0, 0.05) is 51.5 Å². The highest BCUT2D eigenvalue weighted by molar-refractivity contribution is 5.77. The third-order valence-electron chi connectivity index (χ3n) is 6.02. The first-order chi connectivity index (χ1) is 15.3. The Labute approximate surface area is 179 Å². The number of aromatic nitrogens is 5. The van der Waals surface area contributed by atoms with Crippen molar-refractivity contribution in [1.82, 2.24) is 30.1 Å². The number of ether oxygens (including phenoxy) is 1. The van der Waals surface area contributed by atoms with E-state index in [-0.39, 0.29) is 6.47 Å². The fourth-order valence-corrected chi connectivity index (χ4v) is 4.62. The molecule has 3 aromatic heterocycles. The second-order valence-corrected chi connectivity index (χ2v) is 7.93. The zero-order valence-electron chi connectivity index (χ0n) is 17.1. The van der Waals surface area contributed by atoms with Crippen molar-refractivity contribution in [3.8, 4) is 11.5 Å². The minimum Gasteiger partial charge on any atom is -0.483 e. The third-order valence-corrected chi connectivity index (χ3v) is 6.02. The molecule has 11 nitrogen and oxygen atoms in total. The van der Waals surface area contributed by atoms with Crippen molar-refractivity contribution in [1.29, 1.82) is 0 Å². The van der Waals surface area contributed by atoms with Crippen LogP contribution in [0.2, 0.25) is 0 Å². The molecule has 3 aliphatic heterocycles. The highest BCUT2D eigenvalue weighted by Crippen LogP contribution is 2.33. The standard InChI is InChI=1S/C19H24N8O.CH2O2/c1-2-14-12-26(11-13(1)28-14)18-9-16(25-7-5-20-6-8-25)17-10-21-19(27(17)24-18)15-3-4-22-23-15;2-1-3/h3-4,9-10,13-14,20H,1-2,5-8,11-12H2,(H,22,23);1H,(H,2,3). The lowest BCUT2D eigenvalue weighted by Crippen LogP contribution is -2.45. The van der Waals surface area contributed by atoms with Crippen LogP contribution in [0, 0.1) is 0 Å². The lowest BCUT2D eigenvalue weighted by atomic mass is 10.2. The predicted octanol–water partition coefficient (Wildman–Crippen LogP) is 0.597. The number of hydrogen-bond donors (Lipinski definition) is 3. The van der Waals surface area contributed by atoms with Crippen LogP contribution in [-0.4, -0.2) is 87.9 Å². The lowest BCUT2D eigenvalue weighted by molar-refractivity contribution is -0.122. The van der Waals surface area contributed by atoms with E-state index in [0.29, 0.717) is 12.2 Å². The normalized spacial score (nSPS) is 23.0. The number of morpholine rings is 1. The molecule has 0 radical (unpaired) electrons. The van der Waals surface area contributed by atoms with Gasteiger partial charge in [-0.3, -0.25) is 9.89 Å². The largest absolute Gasteiger partial charge is 0.483 e. The molecule has 164 valence electrons. The van der Waals surface area contributed by atoms with E-state index < -0.39 is 0 Å². The van der Waals surface area contributed by atoms with Crippen molar-refractivity contribution in [2.24, 2.45) is 0 Å². The molecule has 0 amide bonds. The molecule has 2 bridgehead atoms. The molecule has 3 saturated heterocycles. The number of nitrogens with zero attached hydrogens (tertiary/aromatic N) is 6. The first-order valence-electron chi connectivity index (χ1n) is 10.6. The summed E-state index contributed by atoms with van der Waals surface area (Å²) in [4.78, 5) is 17.8. The van der Waals surface area contributed by atoms with Gasteiger partial charge >= 0.3 is 0 Å². The van der Waals surface area contributed by atoms with Crippen molar-refractivity contribution in [2.75, 3.05) is 49.1 Å². The Balaban J connectivity index is 0.000000646. The van der Waals surface area contributed by atoms with E-state index in [4.69, 9.17) is 19.7 Å². The molecule has 0 aliphatic carbocycles. The number of fused-ring (bicyclic) bond motifs is 3. The first-order valence-corrected chi connectivity index (χ1v) is 10.6. The number of H-pyrrole nitrogens is 1. The highest BCUT2D eigenvalue weighted by Gasteiger charge is 2.35. The zero-order valence-corrected chi connectivity index (χ0v) is 17.1. The van der Waals surface area contributed by atoms with Crippen LogP contribution < -0.4 is 15.1 Å². The second-order valence-electron chi connectivity index (χ2n) is 7.93. The van der Waals surface area contributed by atoms with Crippen LogP contribution in [0.1, 0.15) is 12.8 Å². The molecule has 31 heavy (non-hydrogen) atoms. The maximum absolute atomic E-state index is 8.36. The molecular weight excluding hydrogens is 400 g/mol. The van der Waals surface area contributed by atoms with Crippen molar-refractivity contribution >= 4 is 23.5 Å². The smallest absolute Gasteiger partial charge is 0.290 e. The molecule has 2 unspecified atom stereocenters. The minimum atomic E-state index is -0.250. The molecule has 0 saturated carbocycles. The van der Waals surface area contributed by atoms with Gasteiger partial charge in [-0.25, -0.2) is 9.50 Å². The number of nitrogens with one attached hydrogen (secondary N) is 2. The number of piperazine rings is 1. The summed E-state index contributed by atoms with van der Waals surface area (Å²) in [7, 11) is 0. The summed E-state index contributed by atoms with van der Waals surface area (Å²) in [5, 5.41) is 22.5. The van der Waals surface area contributed by atoms with Gasteiger partial charge in [-0.2, -0.15) is 5.10 Å². The van der Waals surface area contributed by atoms with Gasteiger partial charge in [-0.1, -0.05) is 0 Å². The van der Waals surface area contributed by atoms with E-state index in [2.05, 4.69) is 36.4 Å². The van der Waals surface area contributed by atoms with Gasteiger partial charge in [0.25, 0.3) is 6.47 Å². The van der Waals surface area contributed by atoms with Crippen LogP contribution in [0.3, 0.4) is 0 Å². The van der Waals surface area contributed by atoms with Gasteiger partial charge in [-0.15, -0.1) is 5.10 Å². The SMILES string of the molecule is O=CO.c1cc(-c2ncc3c(N4CCNCC4)cc(N4CC5CCC(C4)O5)nn23)n[nH]1. The average molecular weight is 426 g/mol. The van der Waals surface area contributed by atoms with Crippen molar-refractivity contribution in [2.45, 2.75) is 25.0 Å². The molecule has 6 rings (SSSR count). The quantitative estimate of drug-likeness (QED) is 0.516. The Kier molecular flexibility index (Phi) is 5.43. The summed E-state index contributed by atoms with van der Waals surface area (Å²) in [6.45, 7) is 5.51. The number of aromatic amines is 1. The van der Waals surface area contributed by atoms with E-state index >= 15 is 0 Å². The molecule has 3 fully saturated rings. The van der Waals surface area contributed by atoms with Crippen LogP contribution in [-0.2, 0) is 9.53 Å². The van der Waals surface area contributed by atoms with Crippen molar-refractivity contribution in [3.05, 3.63) is 24.5 Å². The summed E-state index contributed by atoms with van der Waals surface area (Å²) < 4.78 is 7.99. The number of hydrogen-bond acceptors (Lipinski definition) is 8. The Hall–Kier alpha value is -3.18. The molecule has 3 N–H and O–H groups in total. The van der Waals surface area contributed by atoms with Crippen molar-refractivity contribution in [3.63, 3.8) is 0 Å². The molecule has 2 atom stereocenters. The predicted molar refractivity (Wildman–Crippen MR) is 114 cm³/mol. The maximum Gasteiger partial charge on any atom is 0.290 e. The molecule has 3 aromatic rings. The minimum absolute atomic E-state index is 0.250. The van der Waals surface area contributed by atoms with Gasteiger partial charge < -0.3 is 25.0 Å². The summed E-state index contributed by atoms with van der Waals surface area (Å²) in [6, 6.07) is 4.17. The Morgan fingerprint density at radius 1 is 1.16 bits per heavy atom. The van der Waals surface area contributed by atoms with Gasteiger partial charge in [0.1, 0.15) is 11.2 Å². The number of imidazole rings is 1. The van der Waals surface area contributed by atoms with E-state index in [1.165, 1.54) is 5.69 Å². The number of anilines is 2. The molecule has 6 heterocycles. The molecular formula is C20H26N8O3. The average Bonchev–Trinajstić information content (AvgIpc) is 3.54. The summed E-state index contributed by atoms with van der Waals surface area (Å²) in [5.74, 6) is 1.77. The summed E-state index contributed by atoms with van der Waals surface area (Å²) >= 11 is 0. The van der Waals surface area contributed by atoms with Gasteiger partial charge in [0.15, 0.2) is 11.6 Å². The molecule has 3 aliphatic rings. The number of rotatable bonds is 3. The monoisotopic (exact) mass is 426 g/mol. The second kappa shape index (κ2) is 8.52. The fourth-order valence-electron chi connectivity index (χ4n) is 4.62. The van der Waals surface area contributed by atoms with Crippen LogP contribution in [0.15, 0.2) is 24.5 Å². The van der Waals surface area contributed by atoms with Crippen LogP contribution in [0.25, 0.3) is 17.0 Å². The van der Waals surface area contributed by atoms with E-state index in [1.807, 2.05) is 23.0 Å². The molecule has 11 heteroatoms. The molecule has 0 aromatic carbocycles. The highest BCUT2D eigenvalue weighted by atomic mass is 16.5. The lowest BCUT2D eigenvalue weighted by Gasteiger charge is -2.34. The topological polar surface area (TPSA) is 124 Å².